The lowest BCUT2D eigenvalue weighted by atomic mass is 9.96. The molecule has 0 heterocycles. The monoisotopic (exact) mass is 404 g/mol. The van der Waals surface area contributed by atoms with Crippen molar-refractivity contribution < 1.29 is 34.5 Å². The third-order valence-electron chi connectivity index (χ3n) is 4.37. The van der Waals surface area contributed by atoms with Gasteiger partial charge in [0, 0.05) is 0 Å². The predicted octanol–water partition coefficient (Wildman–Crippen LogP) is -2.46. The largest absolute Gasteiger partial charge is 0.480 e. The summed E-state index contributed by atoms with van der Waals surface area (Å²) in [6, 6.07) is -4.86. The summed E-state index contributed by atoms with van der Waals surface area (Å²) in [5, 5.41) is 34.5. The Kier molecular flexibility index (Phi) is 11.3. The number of carboxylic acids is 1. The lowest BCUT2D eigenvalue weighted by Crippen LogP contribution is -2.60. The van der Waals surface area contributed by atoms with Gasteiger partial charge >= 0.3 is 5.97 Å². The molecule has 0 bridgehead atoms. The molecule has 28 heavy (non-hydrogen) atoms. The van der Waals surface area contributed by atoms with Crippen LogP contribution in [0.1, 0.15) is 34.1 Å². The Morgan fingerprint density at radius 1 is 0.857 bits per heavy atom. The number of aliphatic hydroxyl groups excluding tert-OH is 2. The van der Waals surface area contributed by atoms with Crippen molar-refractivity contribution >= 4 is 23.7 Å². The molecule has 0 fully saturated rings. The zero-order chi connectivity index (χ0) is 22.0. The molecular formula is C17H32N4O7. The Hall–Kier alpha value is -2.24. The molecule has 0 aromatic heterocycles. The molecule has 0 aliphatic carbocycles. The van der Waals surface area contributed by atoms with Crippen molar-refractivity contribution in [3.63, 3.8) is 0 Å². The minimum atomic E-state index is -1.38. The van der Waals surface area contributed by atoms with Gasteiger partial charge in [-0.2, -0.15) is 0 Å². The fourth-order valence-corrected chi connectivity index (χ4v) is 2.27. The molecule has 0 aromatic carbocycles. The van der Waals surface area contributed by atoms with Crippen LogP contribution in [-0.4, -0.2) is 76.4 Å². The van der Waals surface area contributed by atoms with E-state index in [1.54, 1.807) is 27.7 Å². The number of aliphatic hydroxyl groups is 2. The molecule has 0 aliphatic rings. The number of carbonyl (C=O) groups excluding carboxylic acids is 3. The van der Waals surface area contributed by atoms with E-state index in [0.717, 1.165) is 0 Å². The van der Waals surface area contributed by atoms with Crippen LogP contribution in [0.3, 0.4) is 0 Å². The molecule has 0 radical (unpaired) electrons. The van der Waals surface area contributed by atoms with Crippen LogP contribution in [0.25, 0.3) is 0 Å². The van der Waals surface area contributed by atoms with Gasteiger partial charge in [0.25, 0.3) is 0 Å². The van der Waals surface area contributed by atoms with Crippen molar-refractivity contribution in [1.82, 2.24) is 16.0 Å². The Morgan fingerprint density at radius 3 is 1.79 bits per heavy atom. The van der Waals surface area contributed by atoms with Gasteiger partial charge in [-0.15, -0.1) is 0 Å². The van der Waals surface area contributed by atoms with Crippen molar-refractivity contribution in [3.05, 3.63) is 0 Å². The molecule has 11 heteroatoms. The summed E-state index contributed by atoms with van der Waals surface area (Å²) in [6.07, 6.45) is 0.503. The number of nitrogens with two attached hydrogens (primary N) is 1. The van der Waals surface area contributed by atoms with Crippen molar-refractivity contribution in [3.8, 4) is 0 Å². The van der Waals surface area contributed by atoms with E-state index >= 15 is 0 Å². The quantitative estimate of drug-likeness (QED) is 0.186. The van der Waals surface area contributed by atoms with Crippen molar-refractivity contribution in [2.24, 2.45) is 17.6 Å². The van der Waals surface area contributed by atoms with E-state index < -0.39 is 61.1 Å². The highest BCUT2D eigenvalue weighted by Crippen LogP contribution is 2.10. The predicted molar refractivity (Wildman–Crippen MR) is 99.9 cm³/mol. The summed E-state index contributed by atoms with van der Waals surface area (Å²) in [5.74, 6) is -4.28. The lowest BCUT2D eigenvalue weighted by Gasteiger charge is -2.28. The molecule has 8 N–H and O–H groups in total. The molecule has 0 spiro atoms. The molecular weight excluding hydrogens is 372 g/mol. The maximum Gasteiger partial charge on any atom is 0.326 e. The van der Waals surface area contributed by atoms with Gasteiger partial charge in [0.1, 0.15) is 24.2 Å². The van der Waals surface area contributed by atoms with Gasteiger partial charge in [-0.1, -0.05) is 34.1 Å². The number of carbonyl (C=O) groups is 4. The Morgan fingerprint density at radius 2 is 1.39 bits per heavy atom. The van der Waals surface area contributed by atoms with Gasteiger partial charge in [0.2, 0.25) is 17.7 Å². The number of hydrogen-bond acceptors (Lipinski definition) is 7. The first-order chi connectivity index (χ1) is 13.0. The first kappa shape index (κ1) is 25.8. The van der Waals surface area contributed by atoms with E-state index in [2.05, 4.69) is 16.0 Å². The van der Waals surface area contributed by atoms with Crippen LogP contribution in [-0.2, 0) is 19.2 Å². The molecule has 0 aliphatic heterocycles. The highest BCUT2D eigenvalue weighted by Gasteiger charge is 2.33. The molecule has 0 saturated carbocycles. The van der Waals surface area contributed by atoms with Crippen LogP contribution >= 0.6 is 0 Å². The summed E-state index contributed by atoms with van der Waals surface area (Å²) in [4.78, 5) is 48.1. The van der Waals surface area contributed by atoms with E-state index in [1.807, 2.05) is 0 Å². The molecule has 162 valence electrons. The maximum atomic E-state index is 12.6. The zero-order valence-electron chi connectivity index (χ0n) is 16.6. The molecule has 5 atom stereocenters. The number of amides is 3. The molecule has 0 saturated heterocycles. The fourth-order valence-electron chi connectivity index (χ4n) is 2.27. The Balaban J connectivity index is 5.30. The normalized spacial score (nSPS) is 16.4. The third-order valence-corrected chi connectivity index (χ3v) is 4.37. The number of carboxylic acid groups (broad SMARTS) is 1. The van der Waals surface area contributed by atoms with Crippen molar-refractivity contribution in [1.29, 1.82) is 0 Å². The Labute approximate surface area is 164 Å². The van der Waals surface area contributed by atoms with E-state index in [1.165, 1.54) is 0 Å². The van der Waals surface area contributed by atoms with Crippen LogP contribution in [0.5, 0.6) is 0 Å². The lowest BCUT2D eigenvalue weighted by molar-refractivity contribution is -0.144. The first-order valence-electron chi connectivity index (χ1n) is 9.11. The summed E-state index contributed by atoms with van der Waals surface area (Å²) in [7, 11) is 0. The van der Waals surface area contributed by atoms with Crippen molar-refractivity contribution in [2.75, 3.05) is 13.2 Å². The van der Waals surface area contributed by atoms with E-state index in [-0.39, 0.29) is 11.8 Å². The van der Waals surface area contributed by atoms with Gasteiger partial charge in [-0.25, -0.2) is 4.79 Å². The molecule has 3 amide bonds. The number of rotatable bonds is 12. The second-order valence-corrected chi connectivity index (χ2v) is 6.97. The summed E-state index contributed by atoms with van der Waals surface area (Å²) in [5.41, 5.74) is 5.36. The zero-order valence-corrected chi connectivity index (χ0v) is 16.6. The highest BCUT2D eigenvalue weighted by molar-refractivity contribution is 5.94. The number of hydrogen-bond donors (Lipinski definition) is 7. The molecule has 5 unspecified atom stereocenters. The Bertz CT molecular complexity index is 556. The minimum absolute atomic E-state index is 0.347. The van der Waals surface area contributed by atoms with Crippen LogP contribution in [0.2, 0.25) is 0 Å². The second-order valence-electron chi connectivity index (χ2n) is 6.97. The minimum Gasteiger partial charge on any atom is -0.480 e. The standard InChI is InChI=1S/C17H32N4O7/c1-5-9(4)13(16(26)20-12(8(2)3)17(27)28)21-15(25)11(7-23)19-14(24)10(18)6-22/h8-13,22-23H,5-7,18H2,1-4H3,(H,19,24)(H,20,26)(H,21,25)(H,27,28). The van der Waals surface area contributed by atoms with E-state index in [9.17, 15) is 29.4 Å². The van der Waals surface area contributed by atoms with Crippen molar-refractivity contribution in [2.45, 2.75) is 58.3 Å². The second kappa shape index (κ2) is 12.3. The summed E-state index contributed by atoms with van der Waals surface area (Å²) < 4.78 is 0. The molecule has 0 rings (SSSR count). The van der Waals surface area contributed by atoms with Gasteiger partial charge in [0.15, 0.2) is 0 Å². The smallest absolute Gasteiger partial charge is 0.326 e. The topological polar surface area (TPSA) is 191 Å². The van der Waals surface area contributed by atoms with Gasteiger partial charge in [0.05, 0.1) is 13.2 Å². The first-order valence-corrected chi connectivity index (χ1v) is 9.11. The van der Waals surface area contributed by atoms with E-state index in [0.29, 0.717) is 6.42 Å². The summed E-state index contributed by atoms with van der Waals surface area (Å²) in [6.45, 7) is 5.36. The average Bonchev–Trinajstić information content (AvgIpc) is 2.65. The van der Waals surface area contributed by atoms with Crippen LogP contribution in [0.4, 0.5) is 0 Å². The van der Waals surface area contributed by atoms with Crippen LogP contribution < -0.4 is 21.7 Å². The molecule has 11 nitrogen and oxygen atoms in total. The van der Waals surface area contributed by atoms with Crippen LogP contribution in [0, 0.1) is 11.8 Å². The van der Waals surface area contributed by atoms with Gasteiger partial charge in [-0.05, 0) is 11.8 Å². The van der Waals surface area contributed by atoms with Gasteiger partial charge < -0.3 is 37.0 Å². The molecule has 0 aromatic rings. The average molecular weight is 404 g/mol. The number of nitrogens with one attached hydrogen (secondary N) is 3. The third kappa shape index (κ3) is 7.79. The highest BCUT2D eigenvalue weighted by atomic mass is 16.4. The van der Waals surface area contributed by atoms with E-state index in [4.69, 9.17) is 10.8 Å². The summed E-state index contributed by atoms with van der Waals surface area (Å²) >= 11 is 0. The van der Waals surface area contributed by atoms with Crippen LogP contribution in [0.15, 0.2) is 0 Å². The van der Waals surface area contributed by atoms with Gasteiger partial charge in [-0.3, -0.25) is 14.4 Å². The SMILES string of the molecule is CCC(C)C(NC(=O)C(CO)NC(=O)C(N)CO)C(=O)NC(C(=O)O)C(C)C. The fraction of sp³-hybridized carbons (Fsp3) is 0.765. The maximum absolute atomic E-state index is 12.6. The number of aliphatic carboxylic acids is 1.